The smallest absolute Gasteiger partial charge is 0.326 e. The summed E-state index contributed by atoms with van der Waals surface area (Å²) < 4.78 is 16.0. The summed E-state index contributed by atoms with van der Waals surface area (Å²) in [6.45, 7) is 4.03. The Morgan fingerprint density at radius 3 is 2.09 bits per heavy atom. The quantitative estimate of drug-likeness (QED) is 0.301. The lowest BCUT2D eigenvalue weighted by atomic mass is 10.0. The van der Waals surface area contributed by atoms with Gasteiger partial charge in [-0.1, -0.05) is 50.3 Å². The van der Waals surface area contributed by atoms with Crippen LogP contribution in [0.15, 0.2) is 54.2 Å². The predicted molar refractivity (Wildman–Crippen MR) is 127 cm³/mol. The second-order valence-corrected chi connectivity index (χ2v) is 7.80. The Morgan fingerprint density at radius 2 is 1.59 bits per heavy atom. The van der Waals surface area contributed by atoms with Gasteiger partial charge in [0, 0.05) is 6.42 Å². The van der Waals surface area contributed by atoms with Crippen LogP contribution in [0, 0.1) is 5.92 Å². The molecule has 184 valence electrons. The second-order valence-electron chi connectivity index (χ2n) is 7.80. The molecule has 1 amide bonds. The van der Waals surface area contributed by atoms with Crippen molar-refractivity contribution in [1.82, 2.24) is 10.8 Å². The molecular formula is C25H32N2O7. The van der Waals surface area contributed by atoms with Crippen LogP contribution in [0.5, 0.6) is 17.2 Å². The number of carbonyl (C=O) groups excluding carboxylic acids is 1. The Kier molecular flexibility index (Phi) is 10.2. The summed E-state index contributed by atoms with van der Waals surface area (Å²) in [6.07, 6.45) is 1.66. The third-order valence-corrected chi connectivity index (χ3v) is 4.78. The molecule has 2 aromatic carbocycles. The predicted octanol–water partition coefficient (Wildman–Crippen LogP) is 3.09. The fraction of sp³-hybridized carbons (Fsp3) is 0.360. The first kappa shape index (κ1) is 26.5. The number of hydrogen-bond donors (Lipinski definition) is 3. The number of amides is 1. The summed E-state index contributed by atoms with van der Waals surface area (Å²) in [6, 6.07) is 11.5. The van der Waals surface area contributed by atoms with Crippen LogP contribution in [0.3, 0.4) is 0 Å². The molecule has 0 bridgehead atoms. The van der Waals surface area contributed by atoms with E-state index in [9.17, 15) is 14.7 Å². The van der Waals surface area contributed by atoms with Gasteiger partial charge in [-0.05, 0) is 29.2 Å². The number of allylic oxidation sites excluding steroid dienone is 1. The third-order valence-electron chi connectivity index (χ3n) is 4.78. The van der Waals surface area contributed by atoms with Gasteiger partial charge in [-0.3, -0.25) is 15.1 Å². The van der Waals surface area contributed by atoms with Crippen molar-refractivity contribution in [3.05, 3.63) is 65.4 Å². The van der Waals surface area contributed by atoms with E-state index in [1.54, 1.807) is 18.2 Å². The van der Waals surface area contributed by atoms with E-state index in [4.69, 9.17) is 19.0 Å². The molecule has 0 aromatic heterocycles. The normalized spacial score (nSPS) is 12.1. The molecule has 0 spiro atoms. The number of carboxylic acid groups (broad SMARTS) is 1. The number of carboxylic acids is 1. The van der Waals surface area contributed by atoms with Gasteiger partial charge in [-0.2, -0.15) is 0 Å². The summed E-state index contributed by atoms with van der Waals surface area (Å²) in [4.78, 5) is 30.3. The van der Waals surface area contributed by atoms with E-state index in [-0.39, 0.29) is 24.6 Å². The van der Waals surface area contributed by atoms with E-state index in [1.807, 2.05) is 44.2 Å². The number of rotatable bonds is 13. The Labute approximate surface area is 199 Å². The summed E-state index contributed by atoms with van der Waals surface area (Å²) in [5.41, 5.74) is 4.29. The average Bonchev–Trinajstić information content (AvgIpc) is 2.82. The molecule has 0 heterocycles. The van der Waals surface area contributed by atoms with Crippen molar-refractivity contribution in [2.24, 2.45) is 5.92 Å². The lowest BCUT2D eigenvalue weighted by Crippen LogP contribution is -2.45. The molecule has 1 atom stereocenters. The molecule has 2 rings (SSSR count). The summed E-state index contributed by atoms with van der Waals surface area (Å²) in [5.74, 6) is -0.580. The van der Waals surface area contributed by atoms with Gasteiger partial charge < -0.3 is 24.6 Å². The maximum Gasteiger partial charge on any atom is 0.326 e. The van der Waals surface area contributed by atoms with E-state index in [2.05, 4.69) is 10.8 Å². The van der Waals surface area contributed by atoms with Crippen LogP contribution in [0.2, 0.25) is 0 Å². The molecular weight excluding hydrogens is 440 g/mol. The highest BCUT2D eigenvalue weighted by atomic mass is 16.6. The van der Waals surface area contributed by atoms with Crippen LogP contribution in [-0.4, -0.2) is 44.4 Å². The van der Waals surface area contributed by atoms with Crippen LogP contribution in [-0.2, 0) is 27.5 Å². The Balaban J connectivity index is 2.15. The lowest BCUT2D eigenvalue weighted by Gasteiger charge is -2.19. The summed E-state index contributed by atoms with van der Waals surface area (Å²) >= 11 is 0. The van der Waals surface area contributed by atoms with E-state index < -0.39 is 17.9 Å². The topological polar surface area (TPSA) is 115 Å². The number of benzene rings is 2. The van der Waals surface area contributed by atoms with Crippen molar-refractivity contribution in [2.45, 2.75) is 32.9 Å². The van der Waals surface area contributed by atoms with Gasteiger partial charge in [0.15, 0.2) is 11.5 Å². The first-order chi connectivity index (χ1) is 16.3. The Morgan fingerprint density at radius 1 is 0.971 bits per heavy atom. The van der Waals surface area contributed by atoms with Gasteiger partial charge in [0.25, 0.3) is 5.91 Å². The number of hydrogen-bond acceptors (Lipinski definition) is 7. The van der Waals surface area contributed by atoms with Crippen LogP contribution in [0.25, 0.3) is 0 Å². The first-order valence-electron chi connectivity index (χ1n) is 10.7. The molecule has 0 aliphatic carbocycles. The molecule has 0 saturated carbocycles. The molecule has 34 heavy (non-hydrogen) atoms. The van der Waals surface area contributed by atoms with Crippen LogP contribution in [0.4, 0.5) is 0 Å². The minimum Gasteiger partial charge on any atom is -0.493 e. The lowest BCUT2D eigenvalue weighted by molar-refractivity contribution is -0.141. The number of carbonyl (C=O) groups is 2. The maximum absolute atomic E-state index is 12.9. The minimum absolute atomic E-state index is 0.00236. The fourth-order valence-electron chi connectivity index (χ4n) is 3.19. The van der Waals surface area contributed by atoms with E-state index in [0.717, 1.165) is 5.56 Å². The zero-order valence-corrected chi connectivity index (χ0v) is 20.1. The standard InChI is InChI=1S/C25H32N2O7/c1-16(2)11-19(27-34-15-17-9-7-6-8-10-17)24(28)26-20(25(29)30)12-18-13-21(31-3)23(33-5)22(14-18)32-4/h6-11,13-14,16,20,27H,12,15H2,1-5H3,(H,26,28)(H,29,30)/t20-/m0/s1. The van der Waals surface area contributed by atoms with E-state index >= 15 is 0 Å². The van der Waals surface area contributed by atoms with Crippen LogP contribution < -0.4 is 25.0 Å². The molecule has 0 unspecified atom stereocenters. The van der Waals surface area contributed by atoms with Crippen molar-refractivity contribution in [1.29, 1.82) is 0 Å². The Hall–Kier alpha value is -3.72. The van der Waals surface area contributed by atoms with Gasteiger partial charge in [-0.25, -0.2) is 4.79 Å². The molecule has 0 radical (unpaired) electrons. The fourth-order valence-corrected chi connectivity index (χ4v) is 3.19. The van der Waals surface area contributed by atoms with Gasteiger partial charge in [0.05, 0.1) is 27.9 Å². The highest BCUT2D eigenvalue weighted by molar-refractivity contribution is 5.95. The van der Waals surface area contributed by atoms with Crippen molar-refractivity contribution in [3.8, 4) is 17.2 Å². The molecule has 0 saturated heterocycles. The van der Waals surface area contributed by atoms with Crippen molar-refractivity contribution >= 4 is 11.9 Å². The van der Waals surface area contributed by atoms with Crippen molar-refractivity contribution in [3.63, 3.8) is 0 Å². The van der Waals surface area contributed by atoms with Gasteiger partial charge in [-0.15, -0.1) is 0 Å². The highest BCUT2D eigenvalue weighted by Gasteiger charge is 2.24. The highest BCUT2D eigenvalue weighted by Crippen LogP contribution is 2.38. The van der Waals surface area contributed by atoms with Crippen LogP contribution >= 0.6 is 0 Å². The maximum atomic E-state index is 12.9. The summed E-state index contributed by atoms with van der Waals surface area (Å²) in [7, 11) is 4.43. The molecule has 0 fully saturated rings. The first-order valence-corrected chi connectivity index (χ1v) is 10.7. The monoisotopic (exact) mass is 472 g/mol. The molecule has 3 N–H and O–H groups in total. The van der Waals surface area contributed by atoms with E-state index in [0.29, 0.717) is 22.8 Å². The molecule has 9 heteroatoms. The second kappa shape index (κ2) is 13.1. The number of hydroxylamine groups is 1. The molecule has 0 aliphatic rings. The third kappa shape index (κ3) is 7.70. The molecule has 0 aliphatic heterocycles. The number of ether oxygens (including phenoxy) is 3. The van der Waals surface area contributed by atoms with Crippen molar-refractivity contribution < 1.29 is 33.7 Å². The van der Waals surface area contributed by atoms with Gasteiger partial charge in [0.1, 0.15) is 11.7 Å². The summed E-state index contributed by atoms with van der Waals surface area (Å²) in [5, 5.41) is 12.3. The van der Waals surface area contributed by atoms with Gasteiger partial charge in [0.2, 0.25) is 5.75 Å². The number of nitrogens with one attached hydrogen (secondary N) is 2. The van der Waals surface area contributed by atoms with E-state index in [1.165, 1.54) is 21.3 Å². The average molecular weight is 473 g/mol. The molecule has 2 aromatic rings. The molecule has 9 nitrogen and oxygen atoms in total. The Bertz CT molecular complexity index is 965. The minimum atomic E-state index is -1.21. The SMILES string of the molecule is COc1cc(C[C@H](NC(=O)C(=CC(C)C)NOCc2ccccc2)C(=O)O)cc(OC)c1OC. The number of aliphatic carboxylic acids is 1. The van der Waals surface area contributed by atoms with Crippen molar-refractivity contribution in [2.75, 3.05) is 21.3 Å². The largest absolute Gasteiger partial charge is 0.493 e. The zero-order valence-electron chi connectivity index (χ0n) is 20.1. The number of methoxy groups -OCH3 is 3. The van der Waals surface area contributed by atoms with Gasteiger partial charge >= 0.3 is 5.97 Å². The van der Waals surface area contributed by atoms with Crippen LogP contribution in [0.1, 0.15) is 25.0 Å². The zero-order chi connectivity index (χ0) is 25.1.